The molecule has 0 radical (unpaired) electrons. The summed E-state index contributed by atoms with van der Waals surface area (Å²) in [4.78, 5) is 13.5. The van der Waals surface area contributed by atoms with Crippen LogP contribution in [0.3, 0.4) is 0 Å². The first-order valence-corrected chi connectivity index (χ1v) is 9.91. The van der Waals surface area contributed by atoms with E-state index in [4.69, 9.17) is 0 Å². The van der Waals surface area contributed by atoms with Crippen molar-refractivity contribution in [3.63, 3.8) is 0 Å². The fraction of sp³-hybridized carbons (Fsp3) is 0.278. The molecule has 0 saturated carbocycles. The normalized spacial score (nSPS) is 18.1. The second kappa shape index (κ2) is 7.80. The Balaban J connectivity index is 1.70. The quantitative estimate of drug-likeness (QED) is 0.841. The van der Waals surface area contributed by atoms with Crippen LogP contribution in [0, 0.1) is 17.5 Å². The van der Waals surface area contributed by atoms with Crippen LogP contribution in [0.25, 0.3) is 0 Å². The minimum atomic E-state index is -3.92. The van der Waals surface area contributed by atoms with Crippen molar-refractivity contribution in [1.29, 1.82) is 0 Å². The third-order valence-corrected chi connectivity index (χ3v) is 6.44. The molecule has 2 amide bonds. The van der Waals surface area contributed by atoms with Gasteiger partial charge in [-0.15, -0.1) is 0 Å². The molecule has 2 aromatic carbocycles. The van der Waals surface area contributed by atoms with Crippen LogP contribution in [0.4, 0.5) is 23.7 Å². The number of nitrogens with one attached hydrogen (secondary N) is 1. The minimum absolute atomic E-state index is 0.000661. The first kappa shape index (κ1) is 20.2. The molecule has 0 bridgehead atoms. The summed E-state index contributed by atoms with van der Waals surface area (Å²) >= 11 is 0. The highest BCUT2D eigenvalue weighted by atomic mass is 32.2. The van der Waals surface area contributed by atoms with Crippen molar-refractivity contribution in [2.75, 3.05) is 25.0 Å². The molecule has 28 heavy (non-hydrogen) atoms. The Bertz CT molecular complexity index is 1000. The molecule has 1 aliphatic heterocycles. The molecule has 1 atom stereocenters. The van der Waals surface area contributed by atoms with Crippen LogP contribution in [-0.4, -0.2) is 49.3 Å². The van der Waals surface area contributed by atoms with Gasteiger partial charge >= 0.3 is 6.03 Å². The van der Waals surface area contributed by atoms with E-state index in [0.717, 1.165) is 24.3 Å². The molecule has 10 heteroatoms. The van der Waals surface area contributed by atoms with E-state index in [1.807, 2.05) is 0 Å². The highest BCUT2D eigenvalue weighted by molar-refractivity contribution is 7.89. The highest BCUT2D eigenvalue weighted by Gasteiger charge is 2.35. The molecule has 0 spiro atoms. The number of sulfonamides is 1. The molecule has 1 fully saturated rings. The molecule has 3 rings (SSSR count). The van der Waals surface area contributed by atoms with Gasteiger partial charge in [0.05, 0.1) is 10.6 Å². The lowest BCUT2D eigenvalue weighted by Crippen LogP contribution is -2.56. The summed E-state index contributed by atoms with van der Waals surface area (Å²) in [5.41, 5.74) is -0.172. The zero-order valence-electron chi connectivity index (χ0n) is 14.9. The lowest BCUT2D eigenvalue weighted by molar-refractivity contribution is 0.157. The van der Waals surface area contributed by atoms with Crippen LogP contribution >= 0.6 is 0 Å². The summed E-state index contributed by atoms with van der Waals surface area (Å²) in [6.45, 7) is 1.74. The summed E-state index contributed by atoms with van der Waals surface area (Å²) < 4.78 is 66.8. The Morgan fingerprint density at radius 2 is 1.79 bits per heavy atom. The molecule has 2 aromatic rings. The maximum Gasteiger partial charge on any atom is 0.322 e. The van der Waals surface area contributed by atoms with E-state index in [0.29, 0.717) is 6.07 Å². The lowest BCUT2D eigenvalue weighted by Gasteiger charge is -2.38. The average molecular weight is 413 g/mol. The standard InChI is InChI=1S/C18H18F3N3O3S/c1-12-11-23(18(25)22-17-6-5-14(20)10-16(17)21)7-8-24(12)28(26,27)15-4-2-3-13(19)9-15/h2-6,9-10,12H,7-8,11H2,1H3,(H,22,25)/t12-/m0/s1. The van der Waals surface area contributed by atoms with Gasteiger partial charge in [0.1, 0.15) is 17.5 Å². The molecule has 0 unspecified atom stereocenters. The third kappa shape index (κ3) is 4.12. The molecular weight excluding hydrogens is 395 g/mol. The molecule has 0 aromatic heterocycles. The number of benzene rings is 2. The van der Waals surface area contributed by atoms with Crippen LogP contribution in [0.1, 0.15) is 6.92 Å². The first-order chi connectivity index (χ1) is 13.2. The number of hydrogen-bond donors (Lipinski definition) is 1. The van der Waals surface area contributed by atoms with Gasteiger partial charge in [-0.1, -0.05) is 6.07 Å². The number of piperazine rings is 1. The summed E-state index contributed by atoms with van der Waals surface area (Å²) in [6.07, 6.45) is 0. The Kier molecular flexibility index (Phi) is 5.61. The van der Waals surface area contributed by atoms with Crippen molar-refractivity contribution >= 4 is 21.7 Å². The predicted molar refractivity (Wildman–Crippen MR) is 96.7 cm³/mol. The molecule has 6 nitrogen and oxygen atoms in total. The molecule has 1 N–H and O–H groups in total. The second-order valence-electron chi connectivity index (χ2n) is 6.42. The molecular formula is C18H18F3N3O3S. The van der Waals surface area contributed by atoms with Gasteiger partial charge in [-0.2, -0.15) is 4.31 Å². The van der Waals surface area contributed by atoms with Gasteiger partial charge in [0.25, 0.3) is 0 Å². The lowest BCUT2D eigenvalue weighted by atomic mass is 10.2. The molecule has 1 saturated heterocycles. The predicted octanol–water partition coefficient (Wildman–Crippen LogP) is 3.03. The fourth-order valence-corrected chi connectivity index (χ4v) is 4.68. The number of urea groups is 1. The maximum atomic E-state index is 13.7. The Morgan fingerprint density at radius 1 is 1.07 bits per heavy atom. The van der Waals surface area contributed by atoms with Crippen LogP contribution in [0.5, 0.6) is 0 Å². The van der Waals surface area contributed by atoms with Crippen molar-refractivity contribution in [3.05, 3.63) is 59.9 Å². The van der Waals surface area contributed by atoms with E-state index in [9.17, 15) is 26.4 Å². The minimum Gasteiger partial charge on any atom is -0.322 e. The summed E-state index contributed by atoms with van der Waals surface area (Å²) in [5, 5.41) is 2.35. The molecule has 1 heterocycles. The number of carbonyl (C=O) groups excluding carboxylic acids is 1. The van der Waals surface area contributed by atoms with Crippen LogP contribution < -0.4 is 5.32 Å². The molecule has 1 aliphatic rings. The van der Waals surface area contributed by atoms with Gasteiger partial charge in [-0.05, 0) is 37.3 Å². The average Bonchev–Trinajstić information content (AvgIpc) is 2.63. The van der Waals surface area contributed by atoms with E-state index in [1.165, 1.54) is 21.3 Å². The van der Waals surface area contributed by atoms with Crippen LogP contribution in [0.15, 0.2) is 47.4 Å². The maximum absolute atomic E-state index is 13.7. The van der Waals surface area contributed by atoms with Gasteiger partial charge < -0.3 is 10.2 Å². The number of carbonyl (C=O) groups is 1. The summed E-state index contributed by atoms with van der Waals surface area (Å²) in [7, 11) is -3.92. The Morgan fingerprint density at radius 3 is 2.43 bits per heavy atom. The number of halogens is 3. The topological polar surface area (TPSA) is 69.7 Å². The summed E-state index contributed by atoms with van der Waals surface area (Å²) in [5.74, 6) is -2.33. The Hall–Kier alpha value is -2.59. The summed E-state index contributed by atoms with van der Waals surface area (Å²) in [6, 6.07) is 6.29. The van der Waals surface area contributed by atoms with Crippen LogP contribution in [-0.2, 0) is 10.0 Å². The molecule has 150 valence electrons. The van der Waals surface area contributed by atoms with E-state index < -0.39 is 39.5 Å². The van der Waals surface area contributed by atoms with E-state index in [-0.39, 0.29) is 30.2 Å². The number of amides is 2. The highest BCUT2D eigenvalue weighted by Crippen LogP contribution is 2.23. The number of anilines is 1. The van der Waals surface area contributed by atoms with Gasteiger partial charge in [-0.25, -0.2) is 26.4 Å². The largest absolute Gasteiger partial charge is 0.322 e. The van der Waals surface area contributed by atoms with Crippen LogP contribution in [0.2, 0.25) is 0 Å². The SMILES string of the molecule is C[C@H]1CN(C(=O)Nc2ccc(F)cc2F)CCN1S(=O)(=O)c1cccc(F)c1. The number of nitrogens with zero attached hydrogens (tertiary/aromatic N) is 2. The van der Waals surface area contributed by atoms with Gasteiger partial charge in [-0.3, -0.25) is 0 Å². The van der Waals surface area contributed by atoms with Crippen molar-refractivity contribution in [1.82, 2.24) is 9.21 Å². The first-order valence-electron chi connectivity index (χ1n) is 8.47. The number of hydrogen-bond acceptors (Lipinski definition) is 3. The molecule has 0 aliphatic carbocycles. The Labute approximate surface area is 160 Å². The third-order valence-electron chi connectivity index (χ3n) is 4.43. The van der Waals surface area contributed by atoms with E-state index in [1.54, 1.807) is 6.92 Å². The van der Waals surface area contributed by atoms with Crippen molar-refractivity contribution in [2.45, 2.75) is 17.9 Å². The van der Waals surface area contributed by atoms with Crippen molar-refractivity contribution in [3.8, 4) is 0 Å². The second-order valence-corrected chi connectivity index (χ2v) is 8.31. The van der Waals surface area contributed by atoms with Crippen molar-refractivity contribution < 1.29 is 26.4 Å². The van der Waals surface area contributed by atoms with E-state index in [2.05, 4.69) is 5.32 Å². The monoisotopic (exact) mass is 413 g/mol. The zero-order valence-corrected chi connectivity index (χ0v) is 15.7. The van der Waals surface area contributed by atoms with Gasteiger partial charge in [0, 0.05) is 31.7 Å². The van der Waals surface area contributed by atoms with Crippen molar-refractivity contribution in [2.24, 2.45) is 0 Å². The zero-order chi connectivity index (χ0) is 20.5. The van der Waals surface area contributed by atoms with E-state index >= 15 is 0 Å². The van der Waals surface area contributed by atoms with Gasteiger partial charge in [0.2, 0.25) is 10.0 Å². The van der Waals surface area contributed by atoms with Gasteiger partial charge in [0.15, 0.2) is 0 Å². The number of rotatable bonds is 3. The fourth-order valence-electron chi connectivity index (χ4n) is 3.03. The smallest absolute Gasteiger partial charge is 0.322 e.